The summed E-state index contributed by atoms with van der Waals surface area (Å²) in [5.74, 6) is -1.96. The molecule has 106 valence electrons. The normalized spacial score (nSPS) is 10.7. The molecule has 1 aromatic heterocycles. The number of rotatable bonds is 6. The fraction of sp³-hybridized carbons (Fsp3) is 0.214. The van der Waals surface area contributed by atoms with Crippen molar-refractivity contribution in [3.8, 4) is 0 Å². The first-order chi connectivity index (χ1) is 9.56. The second-order valence-corrected chi connectivity index (χ2v) is 6.05. The largest absolute Gasteiger partial charge is 0.478 e. The van der Waals surface area contributed by atoms with Crippen molar-refractivity contribution in [3.05, 3.63) is 56.5 Å². The zero-order valence-corrected chi connectivity index (χ0v) is 12.1. The van der Waals surface area contributed by atoms with Gasteiger partial charge in [-0.05, 0) is 36.2 Å². The predicted octanol–water partition coefficient (Wildman–Crippen LogP) is 3.57. The molecule has 0 atom stereocenters. The molecule has 0 aliphatic heterocycles. The maximum atomic E-state index is 13.5. The molecule has 1 heterocycles. The number of thiophene rings is 1. The molecule has 0 unspecified atom stereocenters. The average molecular weight is 314 g/mol. The third-order valence-corrected chi connectivity index (χ3v) is 4.06. The predicted molar refractivity (Wildman–Crippen MR) is 78.1 cm³/mol. The van der Waals surface area contributed by atoms with Crippen LogP contribution in [0, 0.1) is 5.82 Å². The van der Waals surface area contributed by atoms with E-state index in [2.05, 4.69) is 5.32 Å². The van der Waals surface area contributed by atoms with Crippen molar-refractivity contribution in [1.29, 1.82) is 0 Å². The Morgan fingerprint density at radius 1 is 1.35 bits per heavy atom. The maximum Gasteiger partial charge on any atom is 0.338 e. The van der Waals surface area contributed by atoms with Gasteiger partial charge in [-0.25, -0.2) is 9.18 Å². The molecule has 0 aliphatic carbocycles. The van der Waals surface area contributed by atoms with Gasteiger partial charge in [0.2, 0.25) is 0 Å². The van der Waals surface area contributed by atoms with Crippen LogP contribution in [0.25, 0.3) is 0 Å². The van der Waals surface area contributed by atoms with E-state index < -0.39 is 11.8 Å². The maximum absolute atomic E-state index is 13.5. The first-order valence-corrected chi connectivity index (χ1v) is 7.22. The molecular formula is C14H13ClFNO2S. The van der Waals surface area contributed by atoms with E-state index in [1.54, 1.807) is 17.4 Å². The summed E-state index contributed by atoms with van der Waals surface area (Å²) < 4.78 is 14.2. The molecule has 2 rings (SSSR count). The minimum atomic E-state index is -1.25. The monoisotopic (exact) mass is 313 g/mol. The molecule has 0 fully saturated rings. The van der Waals surface area contributed by atoms with Gasteiger partial charge >= 0.3 is 5.97 Å². The number of carboxylic acid groups (broad SMARTS) is 1. The third kappa shape index (κ3) is 4.03. The lowest BCUT2D eigenvalue weighted by Crippen LogP contribution is -2.16. The van der Waals surface area contributed by atoms with Crippen molar-refractivity contribution in [3.63, 3.8) is 0 Å². The molecule has 0 amide bonds. The van der Waals surface area contributed by atoms with Gasteiger partial charge in [0.15, 0.2) is 0 Å². The van der Waals surface area contributed by atoms with Gasteiger partial charge in [0, 0.05) is 18.0 Å². The van der Waals surface area contributed by atoms with E-state index >= 15 is 0 Å². The van der Waals surface area contributed by atoms with Gasteiger partial charge < -0.3 is 10.4 Å². The Kier molecular flexibility index (Phi) is 5.11. The summed E-state index contributed by atoms with van der Waals surface area (Å²) in [6, 6.07) is 7.99. The Balaban J connectivity index is 1.82. The van der Waals surface area contributed by atoms with Gasteiger partial charge in [0.25, 0.3) is 0 Å². The Morgan fingerprint density at radius 2 is 2.15 bits per heavy atom. The van der Waals surface area contributed by atoms with E-state index in [9.17, 15) is 9.18 Å². The number of carbonyl (C=O) groups is 1. The van der Waals surface area contributed by atoms with E-state index in [0.717, 1.165) is 22.9 Å². The molecule has 1 aromatic carbocycles. The van der Waals surface area contributed by atoms with Gasteiger partial charge in [0.05, 0.1) is 9.90 Å². The lowest BCUT2D eigenvalue weighted by atomic mass is 10.1. The Bertz CT molecular complexity index is 615. The fourth-order valence-corrected chi connectivity index (χ4v) is 2.86. The van der Waals surface area contributed by atoms with Crippen LogP contribution in [0.1, 0.15) is 20.8 Å². The summed E-state index contributed by atoms with van der Waals surface area (Å²) in [7, 11) is 0. The van der Waals surface area contributed by atoms with Gasteiger partial charge in [-0.3, -0.25) is 0 Å². The molecule has 0 spiro atoms. The summed E-state index contributed by atoms with van der Waals surface area (Å²) in [6.45, 7) is 1.25. The smallest absolute Gasteiger partial charge is 0.338 e. The van der Waals surface area contributed by atoms with E-state index in [0.29, 0.717) is 6.54 Å². The molecule has 3 nitrogen and oxygen atoms in total. The Morgan fingerprint density at radius 3 is 2.75 bits per heavy atom. The molecule has 0 bridgehead atoms. The lowest BCUT2D eigenvalue weighted by molar-refractivity contribution is 0.0692. The van der Waals surface area contributed by atoms with E-state index in [-0.39, 0.29) is 5.56 Å². The van der Waals surface area contributed by atoms with Crippen LogP contribution in [0.15, 0.2) is 30.3 Å². The summed E-state index contributed by atoms with van der Waals surface area (Å²) >= 11 is 7.38. The lowest BCUT2D eigenvalue weighted by Gasteiger charge is -2.05. The number of hydrogen-bond donors (Lipinski definition) is 2. The van der Waals surface area contributed by atoms with Crippen LogP contribution in [0.5, 0.6) is 0 Å². The van der Waals surface area contributed by atoms with Crippen LogP contribution in [0.4, 0.5) is 4.39 Å². The molecule has 0 radical (unpaired) electrons. The quantitative estimate of drug-likeness (QED) is 0.802. The van der Waals surface area contributed by atoms with Crippen molar-refractivity contribution >= 4 is 28.9 Å². The van der Waals surface area contributed by atoms with Crippen molar-refractivity contribution in [2.75, 3.05) is 6.54 Å². The third-order valence-electron chi connectivity index (χ3n) is 2.77. The highest BCUT2D eigenvalue weighted by Gasteiger charge is 2.10. The highest BCUT2D eigenvalue weighted by molar-refractivity contribution is 7.16. The molecule has 20 heavy (non-hydrogen) atoms. The van der Waals surface area contributed by atoms with Crippen molar-refractivity contribution in [2.24, 2.45) is 0 Å². The Hall–Kier alpha value is -1.43. The van der Waals surface area contributed by atoms with E-state index in [4.69, 9.17) is 16.7 Å². The number of nitrogens with one attached hydrogen (secondary N) is 1. The van der Waals surface area contributed by atoms with Gasteiger partial charge in [-0.1, -0.05) is 17.7 Å². The average Bonchev–Trinajstić information content (AvgIpc) is 2.80. The van der Waals surface area contributed by atoms with Crippen LogP contribution in [-0.4, -0.2) is 17.6 Å². The van der Waals surface area contributed by atoms with Crippen LogP contribution >= 0.6 is 22.9 Å². The minimum Gasteiger partial charge on any atom is -0.478 e. The van der Waals surface area contributed by atoms with Crippen LogP contribution in [-0.2, 0) is 13.0 Å². The summed E-state index contributed by atoms with van der Waals surface area (Å²) in [5, 5.41) is 11.9. The van der Waals surface area contributed by atoms with Crippen LogP contribution in [0.2, 0.25) is 4.34 Å². The zero-order valence-electron chi connectivity index (χ0n) is 10.5. The molecule has 6 heteroatoms. The second-order valence-electron chi connectivity index (χ2n) is 4.25. The second kappa shape index (κ2) is 6.83. The molecular weight excluding hydrogens is 301 g/mol. The highest BCUT2D eigenvalue weighted by atomic mass is 35.5. The van der Waals surface area contributed by atoms with Crippen LogP contribution < -0.4 is 5.32 Å². The Labute approximate surface area is 125 Å². The summed E-state index contributed by atoms with van der Waals surface area (Å²) in [6.07, 6.45) is 0.854. The van der Waals surface area contributed by atoms with Crippen molar-refractivity contribution in [2.45, 2.75) is 13.0 Å². The number of hydrogen-bond acceptors (Lipinski definition) is 3. The van der Waals surface area contributed by atoms with Crippen LogP contribution in [0.3, 0.4) is 0 Å². The number of aromatic carboxylic acids is 1. The first kappa shape index (κ1) is 15.0. The molecule has 0 saturated heterocycles. The van der Waals surface area contributed by atoms with Crippen molar-refractivity contribution in [1.82, 2.24) is 5.32 Å². The van der Waals surface area contributed by atoms with Crippen molar-refractivity contribution < 1.29 is 14.3 Å². The minimum absolute atomic E-state index is 0.304. The number of benzene rings is 1. The summed E-state index contributed by atoms with van der Waals surface area (Å²) in [5.41, 5.74) is 0.415. The standard InChI is InChI=1S/C14H13ClFNO2S/c15-13-4-2-10(20-13)5-6-17-8-9-1-3-11(14(18)19)12(16)7-9/h1-4,7,17H,5-6,8H2,(H,18,19). The molecule has 2 aromatic rings. The first-order valence-electron chi connectivity index (χ1n) is 6.03. The summed E-state index contributed by atoms with van der Waals surface area (Å²) in [4.78, 5) is 11.9. The van der Waals surface area contributed by atoms with Gasteiger partial charge in [0.1, 0.15) is 5.82 Å². The molecule has 2 N–H and O–H groups in total. The topological polar surface area (TPSA) is 49.3 Å². The highest BCUT2D eigenvalue weighted by Crippen LogP contribution is 2.21. The zero-order chi connectivity index (χ0) is 14.5. The molecule has 0 aliphatic rings. The van der Waals surface area contributed by atoms with E-state index in [1.165, 1.54) is 17.0 Å². The SMILES string of the molecule is O=C(O)c1ccc(CNCCc2ccc(Cl)s2)cc1F. The fourth-order valence-electron chi connectivity index (χ4n) is 1.77. The van der Waals surface area contributed by atoms with Gasteiger partial charge in [-0.2, -0.15) is 0 Å². The number of carboxylic acids is 1. The molecule has 0 saturated carbocycles. The van der Waals surface area contributed by atoms with E-state index in [1.807, 2.05) is 12.1 Å². The van der Waals surface area contributed by atoms with Gasteiger partial charge in [-0.15, -0.1) is 11.3 Å². The number of halogens is 2.